The summed E-state index contributed by atoms with van der Waals surface area (Å²) in [5.41, 5.74) is 0.570. The SMILES string of the molecule is Cc1ccc(Cn2ccc(NC(=O)c3nn4c(C(F)(F)F)cc(C)nc4c3Cl)n2)cc1. The molecule has 0 spiro atoms. The fraction of sp³-hybridized carbons (Fsp3) is 0.200. The van der Waals surface area contributed by atoms with Gasteiger partial charge in [0, 0.05) is 18.0 Å². The Hall–Kier alpha value is -3.40. The van der Waals surface area contributed by atoms with Crippen molar-refractivity contribution < 1.29 is 18.0 Å². The maximum absolute atomic E-state index is 13.3. The molecule has 0 atom stereocenters. The van der Waals surface area contributed by atoms with E-state index in [4.69, 9.17) is 11.6 Å². The number of nitrogens with zero attached hydrogens (tertiary/aromatic N) is 5. The molecule has 0 radical (unpaired) electrons. The Balaban J connectivity index is 1.58. The van der Waals surface area contributed by atoms with E-state index in [0.717, 1.165) is 17.2 Å². The number of aryl methyl sites for hydroxylation is 2. The molecule has 3 aromatic heterocycles. The summed E-state index contributed by atoms with van der Waals surface area (Å²) in [6, 6.07) is 10.3. The van der Waals surface area contributed by atoms with E-state index in [1.807, 2.05) is 31.2 Å². The van der Waals surface area contributed by atoms with Crippen LogP contribution in [-0.2, 0) is 12.7 Å². The molecule has 0 saturated carbocycles. The average Bonchev–Trinajstić information content (AvgIpc) is 3.27. The molecule has 0 aliphatic carbocycles. The van der Waals surface area contributed by atoms with Crippen LogP contribution in [0.1, 0.15) is 33.0 Å². The van der Waals surface area contributed by atoms with Crippen LogP contribution in [0.5, 0.6) is 0 Å². The third kappa shape index (κ3) is 4.24. The van der Waals surface area contributed by atoms with Gasteiger partial charge in [0.25, 0.3) is 5.91 Å². The Bertz CT molecular complexity index is 1280. The molecule has 160 valence electrons. The summed E-state index contributed by atoms with van der Waals surface area (Å²) in [5, 5.41) is 10.2. The lowest BCUT2D eigenvalue weighted by molar-refractivity contribution is -0.142. The highest BCUT2D eigenvalue weighted by atomic mass is 35.5. The van der Waals surface area contributed by atoms with E-state index in [1.165, 1.54) is 6.92 Å². The first-order valence-corrected chi connectivity index (χ1v) is 9.53. The predicted molar refractivity (Wildman–Crippen MR) is 108 cm³/mol. The van der Waals surface area contributed by atoms with Crippen LogP contribution in [0.3, 0.4) is 0 Å². The van der Waals surface area contributed by atoms with E-state index < -0.39 is 17.8 Å². The lowest BCUT2D eigenvalue weighted by Crippen LogP contribution is -2.16. The van der Waals surface area contributed by atoms with Crippen molar-refractivity contribution >= 4 is 29.0 Å². The van der Waals surface area contributed by atoms with E-state index in [0.29, 0.717) is 11.1 Å². The minimum atomic E-state index is -4.69. The highest BCUT2D eigenvalue weighted by molar-refractivity contribution is 6.37. The van der Waals surface area contributed by atoms with E-state index in [-0.39, 0.29) is 27.9 Å². The summed E-state index contributed by atoms with van der Waals surface area (Å²) in [6.45, 7) is 3.88. The molecule has 7 nitrogen and oxygen atoms in total. The van der Waals surface area contributed by atoms with Gasteiger partial charge in [0.1, 0.15) is 10.7 Å². The molecule has 0 saturated heterocycles. The van der Waals surface area contributed by atoms with Crippen molar-refractivity contribution in [3.05, 3.63) is 75.8 Å². The second-order valence-corrected chi connectivity index (χ2v) is 7.39. The summed E-state index contributed by atoms with van der Waals surface area (Å²) in [7, 11) is 0. The number of fused-ring (bicyclic) bond motifs is 1. The molecule has 11 heteroatoms. The van der Waals surface area contributed by atoms with Crippen molar-refractivity contribution in [3.8, 4) is 0 Å². The van der Waals surface area contributed by atoms with E-state index >= 15 is 0 Å². The number of halogens is 4. The smallest absolute Gasteiger partial charge is 0.304 e. The molecular formula is C20H16ClF3N6O. The molecule has 4 aromatic rings. The Kier molecular flexibility index (Phi) is 5.18. The third-order valence-corrected chi connectivity index (χ3v) is 4.86. The average molecular weight is 449 g/mol. The van der Waals surface area contributed by atoms with Crippen molar-refractivity contribution in [2.75, 3.05) is 5.32 Å². The minimum absolute atomic E-state index is 0.100. The number of rotatable bonds is 4. The molecule has 0 aliphatic rings. The van der Waals surface area contributed by atoms with Crippen molar-refractivity contribution in [3.63, 3.8) is 0 Å². The Morgan fingerprint density at radius 2 is 1.84 bits per heavy atom. The second kappa shape index (κ2) is 7.69. The summed E-state index contributed by atoms with van der Waals surface area (Å²) in [6.07, 6.45) is -3.02. The maximum atomic E-state index is 13.3. The molecule has 0 unspecified atom stereocenters. The fourth-order valence-corrected chi connectivity index (χ4v) is 3.28. The molecule has 1 amide bonds. The van der Waals surface area contributed by atoms with Crippen LogP contribution in [0.4, 0.5) is 19.0 Å². The van der Waals surface area contributed by atoms with Crippen LogP contribution in [0.15, 0.2) is 42.6 Å². The number of hydrogen-bond acceptors (Lipinski definition) is 4. The van der Waals surface area contributed by atoms with Gasteiger partial charge in [0.2, 0.25) is 0 Å². The molecule has 1 aromatic carbocycles. The quantitative estimate of drug-likeness (QED) is 0.498. The molecular weight excluding hydrogens is 433 g/mol. The highest BCUT2D eigenvalue weighted by Crippen LogP contribution is 2.32. The topological polar surface area (TPSA) is 77.1 Å². The number of carbonyl (C=O) groups excluding carboxylic acids is 1. The van der Waals surface area contributed by atoms with Crippen LogP contribution >= 0.6 is 11.6 Å². The van der Waals surface area contributed by atoms with Crippen LogP contribution in [0.2, 0.25) is 5.02 Å². The minimum Gasteiger partial charge on any atom is -0.304 e. The van der Waals surface area contributed by atoms with Gasteiger partial charge in [-0.1, -0.05) is 41.4 Å². The fourth-order valence-electron chi connectivity index (χ4n) is 3.03. The first kappa shape index (κ1) is 20.9. The molecule has 4 rings (SSSR count). The monoisotopic (exact) mass is 448 g/mol. The zero-order valence-corrected chi connectivity index (χ0v) is 17.2. The number of aromatic nitrogens is 5. The first-order chi connectivity index (χ1) is 14.6. The van der Waals surface area contributed by atoms with Crippen LogP contribution in [-0.4, -0.2) is 30.3 Å². The molecule has 0 aliphatic heterocycles. The Morgan fingerprint density at radius 3 is 2.52 bits per heavy atom. The Morgan fingerprint density at radius 1 is 1.13 bits per heavy atom. The van der Waals surface area contributed by atoms with Crippen molar-refractivity contribution in [1.82, 2.24) is 24.4 Å². The number of hydrogen-bond donors (Lipinski definition) is 1. The number of benzene rings is 1. The molecule has 0 bridgehead atoms. The van der Waals surface area contributed by atoms with Crippen LogP contribution < -0.4 is 5.32 Å². The third-order valence-electron chi connectivity index (χ3n) is 4.51. The van der Waals surface area contributed by atoms with Crippen molar-refractivity contribution in [2.45, 2.75) is 26.6 Å². The zero-order chi connectivity index (χ0) is 22.3. The first-order valence-electron chi connectivity index (χ1n) is 9.15. The summed E-state index contributed by atoms with van der Waals surface area (Å²) in [5.74, 6) is -0.577. The lowest BCUT2D eigenvalue weighted by Gasteiger charge is -2.09. The molecule has 1 N–H and O–H groups in total. The summed E-state index contributed by atoms with van der Waals surface area (Å²) in [4.78, 5) is 16.6. The van der Waals surface area contributed by atoms with Crippen molar-refractivity contribution in [1.29, 1.82) is 0 Å². The Labute approximate surface area is 179 Å². The van der Waals surface area contributed by atoms with Gasteiger partial charge in [-0.15, -0.1) is 0 Å². The normalized spacial score (nSPS) is 11.8. The molecule has 0 fully saturated rings. The molecule has 3 heterocycles. The van der Waals surface area contributed by atoms with E-state index in [9.17, 15) is 18.0 Å². The summed E-state index contributed by atoms with van der Waals surface area (Å²) < 4.78 is 42.2. The van der Waals surface area contributed by atoms with E-state index in [1.54, 1.807) is 16.9 Å². The van der Waals surface area contributed by atoms with E-state index in [2.05, 4.69) is 20.5 Å². The van der Waals surface area contributed by atoms with Crippen molar-refractivity contribution in [2.24, 2.45) is 0 Å². The summed E-state index contributed by atoms with van der Waals surface area (Å²) >= 11 is 6.14. The number of carbonyl (C=O) groups is 1. The van der Waals surface area contributed by atoms with Gasteiger partial charge in [0.05, 0.1) is 6.54 Å². The molecule has 31 heavy (non-hydrogen) atoms. The predicted octanol–water partition coefficient (Wildman–Crippen LogP) is 4.52. The lowest BCUT2D eigenvalue weighted by atomic mass is 10.1. The van der Waals surface area contributed by atoms with Crippen LogP contribution in [0.25, 0.3) is 5.65 Å². The van der Waals surface area contributed by atoms with Gasteiger partial charge in [-0.05, 0) is 25.5 Å². The zero-order valence-electron chi connectivity index (χ0n) is 16.4. The van der Waals surface area contributed by atoms with Crippen LogP contribution in [0, 0.1) is 13.8 Å². The van der Waals surface area contributed by atoms with Gasteiger partial charge < -0.3 is 5.32 Å². The number of amides is 1. The van der Waals surface area contributed by atoms with Gasteiger partial charge >= 0.3 is 6.18 Å². The van der Waals surface area contributed by atoms with Gasteiger partial charge in [-0.3, -0.25) is 9.48 Å². The highest BCUT2D eigenvalue weighted by Gasteiger charge is 2.36. The number of nitrogens with one attached hydrogen (secondary N) is 1. The standard InChI is InChI=1S/C20H16ClF3N6O/c1-11-3-5-13(6-4-11)10-29-8-7-15(27-29)26-19(31)17-16(21)18-25-12(2)9-14(20(22,23)24)30(18)28-17/h3-9H,10H2,1-2H3,(H,26,27,31). The largest absolute Gasteiger partial charge is 0.433 e. The number of alkyl halides is 3. The van der Waals surface area contributed by atoms with Gasteiger partial charge in [0.15, 0.2) is 17.2 Å². The van der Waals surface area contributed by atoms with Gasteiger partial charge in [-0.2, -0.15) is 23.4 Å². The maximum Gasteiger partial charge on any atom is 0.433 e. The number of anilines is 1. The van der Waals surface area contributed by atoms with Gasteiger partial charge in [-0.25, -0.2) is 9.50 Å². The second-order valence-electron chi connectivity index (χ2n) is 7.02.